The van der Waals surface area contributed by atoms with Crippen LogP contribution < -0.4 is 5.73 Å². The molecule has 0 saturated carbocycles. The van der Waals surface area contributed by atoms with Crippen LogP contribution in [0.1, 0.15) is 5.56 Å². The van der Waals surface area contributed by atoms with Gasteiger partial charge in [-0.3, -0.25) is 0 Å². The molecule has 0 fully saturated rings. The van der Waals surface area contributed by atoms with Crippen molar-refractivity contribution in [3.05, 3.63) is 59.1 Å². The van der Waals surface area contributed by atoms with Crippen molar-refractivity contribution in [3.8, 4) is 0 Å². The summed E-state index contributed by atoms with van der Waals surface area (Å²) in [6.07, 6.45) is 0. The molecule has 3 nitrogen and oxygen atoms in total. The number of hydrogen-bond donors (Lipinski definition) is 1. The Morgan fingerprint density at radius 3 is 2.48 bits per heavy atom. The lowest BCUT2D eigenvalue weighted by Gasteiger charge is -2.06. The molecule has 0 aliphatic rings. The smallest absolute Gasteiger partial charge is 0.179 e. The minimum absolute atomic E-state index is 0.0916. The fourth-order valence-corrected chi connectivity index (χ4v) is 4.54. The minimum Gasteiger partial charge on any atom is -0.326 e. The molecule has 0 heterocycles. The Hall–Kier alpha value is -1.01. The first kappa shape index (κ1) is 16.4. The van der Waals surface area contributed by atoms with E-state index in [0.717, 1.165) is 10.5 Å². The Kier molecular flexibility index (Phi) is 5.70. The molecule has 0 radical (unpaired) electrons. The first-order chi connectivity index (χ1) is 10.0. The average molecular weight is 342 g/mol. The van der Waals surface area contributed by atoms with Crippen LogP contribution in [0.15, 0.2) is 58.3 Å². The Balaban J connectivity index is 1.99. The van der Waals surface area contributed by atoms with Crippen LogP contribution in [-0.2, 0) is 16.4 Å². The first-order valence-electron chi connectivity index (χ1n) is 6.41. The van der Waals surface area contributed by atoms with E-state index in [9.17, 15) is 8.42 Å². The third-order valence-corrected chi connectivity index (χ3v) is 6.17. The van der Waals surface area contributed by atoms with Gasteiger partial charge >= 0.3 is 0 Å². The molecule has 0 bridgehead atoms. The molecule has 0 saturated heterocycles. The quantitative estimate of drug-likeness (QED) is 0.818. The van der Waals surface area contributed by atoms with Gasteiger partial charge in [0.1, 0.15) is 0 Å². The number of hydrogen-bond acceptors (Lipinski definition) is 4. The zero-order chi connectivity index (χ0) is 15.3. The molecule has 6 heteroatoms. The molecule has 0 spiro atoms. The summed E-state index contributed by atoms with van der Waals surface area (Å²) in [5.41, 5.74) is 6.36. The maximum atomic E-state index is 12.3. The normalized spacial score (nSPS) is 11.5. The largest absolute Gasteiger partial charge is 0.326 e. The summed E-state index contributed by atoms with van der Waals surface area (Å²) in [5, 5.41) is 0.672. The van der Waals surface area contributed by atoms with E-state index in [1.165, 1.54) is 11.8 Å². The predicted octanol–water partition coefficient (Wildman–Crippen LogP) is 3.36. The van der Waals surface area contributed by atoms with Crippen molar-refractivity contribution < 1.29 is 8.42 Å². The summed E-state index contributed by atoms with van der Waals surface area (Å²) in [4.78, 5) is 1.34. The van der Waals surface area contributed by atoms with Crippen LogP contribution in [0.5, 0.6) is 0 Å². The van der Waals surface area contributed by atoms with Gasteiger partial charge in [-0.1, -0.05) is 23.7 Å². The Labute approximate surface area is 134 Å². The lowest BCUT2D eigenvalue weighted by Crippen LogP contribution is -2.09. The van der Waals surface area contributed by atoms with E-state index >= 15 is 0 Å². The van der Waals surface area contributed by atoms with Gasteiger partial charge in [0, 0.05) is 22.2 Å². The van der Waals surface area contributed by atoms with Gasteiger partial charge in [0.05, 0.1) is 10.6 Å². The number of nitrogens with two attached hydrogens (primary N) is 1. The summed E-state index contributed by atoms with van der Waals surface area (Å²) in [6, 6.07) is 14.2. The summed E-state index contributed by atoms with van der Waals surface area (Å²) in [6.45, 7) is 0.336. The number of halogens is 1. The molecule has 2 rings (SSSR count). The molecule has 2 aromatic carbocycles. The van der Waals surface area contributed by atoms with E-state index in [1.54, 1.807) is 30.3 Å². The lowest BCUT2D eigenvalue weighted by molar-refractivity contribution is 0.597. The van der Waals surface area contributed by atoms with Gasteiger partial charge in [-0.15, -0.1) is 11.8 Å². The zero-order valence-corrected chi connectivity index (χ0v) is 13.7. The van der Waals surface area contributed by atoms with Crippen LogP contribution in [-0.4, -0.2) is 19.9 Å². The van der Waals surface area contributed by atoms with Crippen molar-refractivity contribution >= 4 is 33.2 Å². The highest BCUT2D eigenvalue weighted by atomic mass is 35.5. The summed E-state index contributed by atoms with van der Waals surface area (Å²) in [5.74, 6) is 0.588. The maximum Gasteiger partial charge on any atom is 0.179 e. The Morgan fingerprint density at radius 1 is 1.10 bits per heavy atom. The number of sulfone groups is 1. The molecule has 0 aromatic heterocycles. The van der Waals surface area contributed by atoms with Crippen molar-refractivity contribution in [2.75, 3.05) is 11.5 Å². The van der Waals surface area contributed by atoms with Gasteiger partial charge in [-0.2, -0.15) is 0 Å². The molecule has 0 unspecified atom stereocenters. The summed E-state index contributed by atoms with van der Waals surface area (Å²) >= 11 is 7.31. The Morgan fingerprint density at radius 2 is 1.81 bits per heavy atom. The third kappa shape index (κ3) is 4.74. The highest BCUT2D eigenvalue weighted by molar-refractivity contribution is 8.00. The molecule has 112 valence electrons. The third-order valence-electron chi connectivity index (χ3n) is 2.93. The van der Waals surface area contributed by atoms with Gasteiger partial charge in [0.15, 0.2) is 9.84 Å². The van der Waals surface area contributed by atoms with E-state index in [4.69, 9.17) is 17.3 Å². The van der Waals surface area contributed by atoms with Gasteiger partial charge < -0.3 is 5.73 Å². The van der Waals surface area contributed by atoms with Crippen molar-refractivity contribution in [1.29, 1.82) is 0 Å². The van der Waals surface area contributed by atoms with Crippen molar-refractivity contribution in [2.24, 2.45) is 5.73 Å². The average Bonchev–Trinajstić information content (AvgIpc) is 2.49. The van der Waals surface area contributed by atoms with Crippen molar-refractivity contribution in [3.63, 3.8) is 0 Å². The van der Waals surface area contributed by atoms with Crippen LogP contribution in [0.4, 0.5) is 0 Å². The molecule has 0 aliphatic heterocycles. The molecule has 0 atom stereocenters. The molecule has 0 amide bonds. The fourth-order valence-electron chi connectivity index (χ4n) is 1.78. The topological polar surface area (TPSA) is 60.2 Å². The van der Waals surface area contributed by atoms with Gasteiger partial charge in [-0.05, 0) is 42.0 Å². The van der Waals surface area contributed by atoms with Crippen LogP contribution in [0.2, 0.25) is 5.02 Å². The van der Waals surface area contributed by atoms with Crippen LogP contribution in [0.3, 0.4) is 0 Å². The Bertz CT molecular complexity index is 700. The minimum atomic E-state index is -3.27. The summed E-state index contributed by atoms with van der Waals surface area (Å²) in [7, 11) is -3.27. The SMILES string of the molecule is NCc1cccc(S(=O)(=O)CCSc2ccc(Cl)cc2)c1. The van der Waals surface area contributed by atoms with E-state index in [-0.39, 0.29) is 5.75 Å². The number of rotatable bonds is 6. The van der Waals surface area contributed by atoms with Crippen LogP contribution >= 0.6 is 23.4 Å². The zero-order valence-electron chi connectivity index (χ0n) is 11.3. The second-order valence-corrected chi connectivity index (χ2v) is 8.19. The van der Waals surface area contributed by atoms with Crippen molar-refractivity contribution in [1.82, 2.24) is 0 Å². The standard InChI is InChI=1S/C15H16ClNO2S2/c16-13-4-6-14(7-5-13)20-8-9-21(18,19)15-3-1-2-12(10-15)11-17/h1-7,10H,8-9,11,17H2. The monoisotopic (exact) mass is 341 g/mol. The molecular formula is C15H16ClNO2S2. The van der Waals surface area contributed by atoms with E-state index < -0.39 is 9.84 Å². The lowest BCUT2D eigenvalue weighted by atomic mass is 10.2. The maximum absolute atomic E-state index is 12.3. The molecule has 21 heavy (non-hydrogen) atoms. The van der Waals surface area contributed by atoms with E-state index in [0.29, 0.717) is 22.2 Å². The number of benzene rings is 2. The van der Waals surface area contributed by atoms with E-state index in [2.05, 4.69) is 0 Å². The predicted molar refractivity (Wildman–Crippen MR) is 88.6 cm³/mol. The molecule has 2 N–H and O–H groups in total. The van der Waals surface area contributed by atoms with Crippen LogP contribution in [0, 0.1) is 0 Å². The molecular weight excluding hydrogens is 326 g/mol. The first-order valence-corrected chi connectivity index (χ1v) is 9.43. The van der Waals surface area contributed by atoms with E-state index in [1.807, 2.05) is 18.2 Å². The molecule has 0 aliphatic carbocycles. The van der Waals surface area contributed by atoms with Crippen LogP contribution in [0.25, 0.3) is 0 Å². The van der Waals surface area contributed by atoms with Gasteiger partial charge in [-0.25, -0.2) is 8.42 Å². The summed E-state index contributed by atoms with van der Waals surface area (Å²) < 4.78 is 24.5. The highest BCUT2D eigenvalue weighted by Crippen LogP contribution is 2.22. The van der Waals surface area contributed by atoms with Gasteiger partial charge in [0.2, 0.25) is 0 Å². The highest BCUT2D eigenvalue weighted by Gasteiger charge is 2.14. The van der Waals surface area contributed by atoms with Crippen molar-refractivity contribution in [2.45, 2.75) is 16.3 Å². The fraction of sp³-hybridized carbons (Fsp3) is 0.200. The molecule has 2 aromatic rings. The van der Waals surface area contributed by atoms with Gasteiger partial charge in [0.25, 0.3) is 0 Å². The second-order valence-electron chi connectivity index (χ2n) is 4.47. The second kappa shape index (κ2) is 7.31. The number of thioether (sulfide) groups is 1.